The molecule has 0 saturated carbocycles. The number of H-pyrrole nitrogens is 1. The first kappa shape index (κ1) is 23.0. The van der Waals surface area contributed by atoms with Crippen molar-refractivity contribution in [1.82, 2.24) is 24.9 Å². The number of hydrogen-bond donors (Lipinski definition) is 1. The average molecular weight is 459 g/mol. The Morgan fingerprint density at radius 1 is 1.18 bits per heavy atom. The second kappa shape index (κ2) is 9.01. The third-order valence-electron chi connectivity index (χ3n) is 5.83. The summed E-state index contributed by atoms with van der Waals surface area (Å²) >= 11 is 0. The van der Waals surface area contributed by atoms with Crippen LogP contribution in [0.2, 0.25) is 0 Å². The molecule has 0 amide bonds. The molecule has 2 atom stereocenters. The number of nitrogens with zero attached hydrogens (tertiary/aromatic N) is 4. The Bertz CT molecular complexity index is 1230. The first-order valence-corrected chi connectivity index (χ1v) is 10.7. The fourth-order valence-corrected chi connectivity index (χ4v) is 3.86. The molecule has 7 nitrogen and oxygen atoms in total. The summed E-state index contributed by atoms with van der Waals surface area (Å²) in [5.74, 6) is 0.388. The zero-order valence-corrected chi connectivity index (χ0v) is 18.4. The first-order chi connectivity index (χ1) is 15.6. The Balaban J connectivity index is 1.71. The standard InChI is InChI=1S/C23H24F3N5O2/c1-12(6-8-23(24,25)26)19-20-22(29-14(3)13(2)28-20)31-21(30-19)15-7-9-33-17(10-15)16-4-5-18(32)27-11-16/h4-5,11,15,17H,1,6-10H2,2-3H3,(H,27,32). The van der Waals surface area contributed by atoms with Gasteiger partial charge >= 0.3 is 6.18 Å². The average Bonchev–Trinajstić information content (AvgIpc) is 2.78. The predicted octanol–water partition coefficient (Wildman–Crippen LogP) is 4.72. The monoisotopic (exact) mass is 459 g/mol. The third kappa shape index (κ3) is 5.27. The van der Waals surface area contributed by atoms with E-state index < -0.39 is 12.6 Å². The second-order valence-corrected chi connectivity index (χ2v) is 8.28. The van der Waals surface area contributed by atoms with Crippen LogP contribution in [0.3, 0.4) is 0 Å². The second-order valence-electron chi connectivity index (χ2n) is 8.28. The van der Waals surface area contributed by atoms with E-state index in [4.69, 9.17) is 4.74 Å². The maximum atomic E-state index is 12.8. The molecule has 0 bridgehead atoms. The van der Waals surface area contributed by atoms with Crippen LogP contribution in [0.4, 0.5) is 13.2 Å². The van der Waals surface area contributed by atoms with Gasteiger partial charge in [0.1, 0.15) is 11.3 Å². The van der Waals surface area contributed by atoms with E-state index >= 15 is 0 Å². The molecule has 10 heteroatoms. The van der Waals surface area contributed by atoms with Gasteiger partial charge in [0.2, 0.25) is 5.56 Å². The van der Waals surface area contributed by atoms with Crippen LogP contribution in [-0.4, -0.2) is 37.7 Å². The number of alkyl halides is 3. The van der Waals surface area contributed by atoms with Gasteiger partial charge in [-0.1, -0.05) is 6.58 Å². The molecule has 2 unspecified atom stereocenters. The quantitative estimate of drug-likeness (QED) is 0.594. The molecule has 1 N–H and O–H groups in total. The normalized spacial score (nSPS) is 19.1. The van der Waals surface area contributed by atoms with Crippen molar-refractivity contribution in [1.29, 1.82) is 0 Å². The van der Waals surface area contributed by atoms with Crippen LogP contribution in [0.25, 0.3) is 16.7 Å². The van der Waals surface area contributed by atoms with Crippen LogP contribution in [0.15, 0.2) is 29.7 Å². The lowest BCUT2D eigenvalue weighted by atomic mass is 9.91. The fourth-order valence-electron chi connectivity index (χ4n) is 3.86. The Hall–Kier alpha value is -3.14. The minimum absolute atomic E-state index is 0.0994. The molecule has 4 rings (SSSR count). The Morgan fingerprint density at radius 2 is 1.94 bits per heavy atom. The molecule has 1 fully saturated rings. The molecule has 1 aliphatic heterocycles. The van der Waals surface area contributed by atoms with Crippen LogP contribution < -0.4 is 5.56 Å². The largest absolute Gasteiger partial charge is 0.389 e. The minimum Gasteiger partial charge on any atom is -0.373 e. The SMILES string of the molecule is C=C(CCC(F)(F)F)c1nc(C2CCOC(c3ccc(=O)[nH]c3)C2)nc2nc(C)c(C)nc12. The number of allylic oxidation sites excluding steroid dienone is 1. The van der Waals surface area contributed by atoms with Crippen molar-refractivity contribution in [2.45, 2.75) is 57.7 Å². The van der Waals surface area contributed by atoms with E-state index in [1.807, 2.05) is 6.92 Å². The number of aryl methyl sites for hydroxylation is 2. The van der Waals surface area contributed by atoms with E-state index in [9.17, 15) is 18.0 Å². The number of pyridine rings is 1. The summed E-state index contributed by atoms with van der Waals surface area (Å²) in [6.45, 7) is 7.92. The Kier molecular flexibility index (Phi) is 6.29. The highest BCUT2D eigenvalue weighted by atomic mass is 19.4. The van der Waals surface area contributed by atoms with E-state index in [0.29, 0.717) is 53.5 Å². The number of hydrogen-bond acceptors (Lipinski definition) is 6. The number of halogens is 3. The molecule has 4 heterocycles. The molecular formula is C23H24F3N5O2. The molecule has 0 spiro atoms. The van der Waals surface area contributed by atoms with Gasteiger partial charge in [-0.3, -0.25) is 4.79 Å². The number of nitrogens with one attached hydrogen (secondary N) is 1. The summed E-state index contributed by atoms with van der Waals surface area (Å²) in [5.41, 5.74) is 3.25. The van der Waals surface area contributed by atoms with Gasteiger partial charge < -0.3 is 9.72 Å². The number of rotatable bonds is 5. The van der Waals surface area contributed by atoms with Crippen LogP contribution in [0, 0.1) is 13.8 Å². The summed E-state index contributed by atoms with van der Waals surface area (Å²) in [6.07, 6.45) is -2.99. The number of fused-ring (bicyclic) bond motifs is 1. The summed E-state index contributed by atoms with van der Waals surface area (Å²) in [7, 11) is 0. The zero-order chi connectivity index (χ0) is 23.8. The van der Waals surface area contributed by atoms with E-state index in [2.05, 4.69) is 31.5 Å². The third-order valence-corrected chi connectivity index (χ3v) is 5.83. The zero-order valence-electron chi connectivity index (χ0n) is 18.4. The molecule has 33 heavy (non-hydrogen) atoms. The van der Waals surface area contributed by atoms with Crippen LogP contribution in [0.5, 0.6) is 0 Å². The van der Waals surface area contributed by atoms with E-state index in [-0.39, 0.29) is 29.6 Å². The Labute approximate surface area is 188 Å². The van der Waals surface area contributed by atoms with Crippen LogP contribution in [0.1, 0.15) is 66.2 Å². The Morgan fingerprint density at radius 3 is 2.64 bits per heavy atom. The van der Waals surface area contributed by atoms with E-state index in [1.54, 1.807) is 19.2 Å². The van der Waals surface area contributed by atoms with Crippen molar-refractivity contribution < 1.29 is 17.9 Å². The van der Waals surface area contributed by atoms with Gasteiger partial charge in [0.05, 0.1) is 23.2 Å². The molecule has 0 radical (unpaired) electrons. The van der Waals surface area contributed by atoms with Crippen molar-refractivity contribution in [2.24, 2.45) is 0 Å². The van der Waals surface area contributed by atoms with Gasteiger partial charge in [-0.25, -0.2) is 19.9 Å². The van der Waals surface area contributed by atoms with E-state index in [0.717, 1.165) is 5.56 Å². The molecule has 174 valence electrons. The van der Waals surface area contributed by atoms with Crippen molar-refractivity contribution in [3.05, 3.63) is 63.7 Å². The van der Waals surface area contributed by atoms with Gasteiger partial charge in [0, 0.05) is 31.2 Å². The van der Waals surface area contributed by atoms with E-state index in [1.165, 1.54) is 6.07 Å². The number of aromatic nitrogens is 5. The molecule has 1 saturated heterocycles. The fraction of sp³-hybridized carbons (Fsp3) is 0.435. The summed E-state index contributed by atoms with van der Waals surface area (Å²) in [5, 5.41) is 0. The smallest absolute Gasteiger partial charge is 0.373 e. The van der Waals surface area contributed by atoms with Crippen molar-refractivity contribution >= 4 is 16.7 Å². The van der Waals surface area contributed by atoms with Crippen LogP contribution >= 0.6 is 0 Å². The maximum absolute atomic E-state index is 12.8. The molecule has 1 aliphatic rings. The van der Waals surface area contributed by atoms with Crippen molar-refractivity contribution in [3.63, 3.8) is 0 Å². The highest BCUT2D eigenvalue weighted by Gasteiger charge is 2.30. The molecule has 0 aliphatic carbocycles. The highest BCUT2D eigenvalue weighted by molar-refractivity contribution is 5.84. The van der Waals surface area contributed by atoms with Gasteiger partial charge in [-0.05, 0) is 50.3 Å². The lowest BCUT2D eigenvalue weighted by Crippen LogP contribution is -2.21. The minimum atomic E-state index is -4.29. The van der Waals surface area contributed by atoms with Crippen LogP contribution in [-0.2, 0) is 4.74 Å². The summed E-state index contributed by atoms with van der Waals surface area (Å²) in [6, 6.07) is 3.16. The lowest BCUT2D eigenvalue weighted by Gasteiger charge is -2.29. The summed E-state index contributed by atoms with van der Waals surface area (Å²) < 4.78 is 44.4. The first-order valence-electron chi connectivity index (χ1n) is 10.7. The molecule has 3 aromatic rings. The predicted molar refractivity (Wildman–Crippen MR) is 117 cm³/mol. The van der Waals surface area contributed by atoms with Gasteiger partial charge in [0.25, 0.3) is 0 Å². The topological polar surface area (TPSA) is 93.7 Å². The number of aromatic amines is 1. The van der Waals surface area contributed by atoms with Crippen molar-refractivity contribution in [2.75, 3.05) is 6.61 Å². The van der Waals surface area contributed by atoms with Gasteiger partial charge in [0.15, 0.2) is 5.65 Å². The number of ether oxygens (including phenoxy) is 1. The lowest BCUT2D eigenvalue weighted by molar-refractivity contribution is -0.133. The molecule has 3 aromatic heterocycles. The summed E-state index contributed by atoms with van der Waals surface area (Å²) in [4.78, 5) is 32.3. The molecular weight excluding hydrogens is 435 g/mol. The van der Waals surface area contributed by atoms with Gasteiger partial charge in [-0.2, -0.15) is 13.2 Å². The maximum Gasteiger partial charge on any atom is 0.389 e. The molecule has 0 aromatic carbocycles. The highest BCUT2D eigenvalue weighted by Crippen LogP contribution is 2.37. The van der Waals surface area contributed by atoms with Gasteiger partial charge in [-0.15, -0.1) is 0 Å². The van der Waals surface area contributed by atoms with Crippen molar-refractivity contribution in [3.8, 4) is 0 Å².